The van der Waals surface area contributed by atoms with E-state index in [1.807, 2.05) is 0 Å². The molecule has 0 aliphatic carbocycles. The molecule has 3 nitrogen and oxygen atoms in total. The third kappa shape index (κ3) is 5.42. The molecule has 2 unspecified atom stereocenters. The fraction of sp³-hybridized carbons (Fsp3) is 0.667. The summed E-state index contributed by atoms with van der Waals surface area (Å²) in [7, 11) is 0. The molecule has 1 aromatic carbocycles. The monoisotopic (exact) mass is 290 g/mol. The molecule has 1 heterocycles. The molecule has 1 saturated heterocycles. The topological polar surface area (TPSA) is 24.5 Å². The molecular weight excluding hydrogens is 260 g/mol. The third-order valence-corrected chi connectivity index (χ3v) is 4.35. The molecule has 3 heteroatoms. The molecule has 0 aromatic heterocycles. The SMILES string of the molecule is CCOCCCN1CC(Cc2ccccc2)NCC1CC. The second-order valence-electron chi connectivity index (χ2n) is 5.90. The molecule has 118 valence electrons. The van der Waals surface area contributed by atoms with Gasteiger partial charge in [0.1, 0.15) is 0 Å². The summed E-state index contributed by atoms with van der Waals surface area (Å²) in [5.41, 5.74) is 1.43. The van der Waals surface area contributed by atoms with Crippen LogP contribution in [0.2, 0.25) is 0 Å². The van der Waals surface area contributed by atoms with E-state index >= 15 is 0 Å². The van der Waals surface area contributed by atoms with Gasteiger partial charge in [0.2, 0.25) is 0 Å². The normalized spacial score (nSPS) is 23.3. The maximum absolute atomic E-state index is 5.47. The summed E-state index contributed by atoms with van der Waals surface area (Å²) in [6, 6.07) is 12.1. The second-order valence-corrected chi connectivity index (χ2v) is 5.90. The average Bonchev–Trinajstić information content (AvgIpc) is 2.53. The summed E-state index contributed by atoms with van der Waals surface area (Å²) in [6.07, 6.45) is 3.49. The van der Waals surface area contributed by atoms with Gasteiger partial charge in [-0.15, -0.1) is 0 Å². The van der Waals surface area contributed by atoms with Crippen LogP contribution < -0.4 is 5.32 Å². The summed E-state index contributed by atoms with van der Waals surface area (Å²) in [5, 5.41) is 3.73. The lowest BCUT2D eigenvalue weighted by Gasteiger charge is -2.40. The molecule has 1 aromatic rings. The molecule has 0 bridgehead atoms. The lowest BCUT2D eigenvalue weighted by atomic mass is 10.0. The van der Waals surface area contributed by atoms with Crippen LogP contribution in [0.4, 0.5) is 0 Å². The molecule has 2 rings (SSSR count). The fourth-order valence-corrected chi connectivity index (χ4v) is 3.15. The van der Waals surface area contributed by atoms with Gasteiger partial charge >= 0.3 is 0 Å². The van der Waals surface area contributed by atoms with E-state index in [1.54, 1.807) is 0 Å². The van der Waals surface area contributed by atoms with Gasteiger partial charge in [-0.05, 0) is 31.7 Å². The Morgan fingerprint density at radius 2 is 2.05 bits per heavy atom. The van der Waals surface area contributed by atoms with Crippen molar-refractivity contribution in [3.63, 3.8) is 0 Å². The maximum atomic E-state index is 5.47. The Morgan fingerprint density at radius 3 is 2.76 bits per heavy atom. The minimum atomic E-state index is 0.572. The van der Waals surface area contributed by atoms with Gasteiger partial charge in [-0.1, -0.05) is 37.3 Å². The van der Waals surface area contributed by atoms with Gasteiger partial charge in [-0.25, -0.2) is 0 Å². The summed E-state index contributed by atoms with van der Waals surface area (Å²) in [6.45, 7) is 9.50. The minimum Gasteiger partial charge on any atom is -0.382 e. The minimum absolute atomic E-state index is 0.572. The van der Waals surface area contributed by atoms with Crippen LogP contribution in [0.15, 0.2) is 30.3 Å². The number of benzene rings is 1. The molecule has 1 aliphatic rings. The van der Waals surface area contributed by atoms with Crippen molar-refractivity contribution in [3.8, 4) is 0 Å². The summed E-state index contributed by atoms with van der Waals surface area (Å²) in [5.74, 6) is 0. The van der Waals surface area contributed by atoms with Crippen LogP contribution in [-0.4, -0.2) is 49.8 Å². The summed E-state index contributed by atoms with van der Waals surface area (Å²) in [4.78, 5) is 2.66. The van der Waals surface area contributed by atoms with Crippen molar-refractivity contribution in [2.24, 2.45) is 0 Å². The summed E-state index contributed by atoms with van der Waals surface area (Å²) < 4.78 is 5.47. The van der Waals surface area contributed by atoms with Crippen LogP contribution >= 0.6 is 0 Å². The van der Waals surface area contributed by atoms with E-state index in [9.17, 15) is 0 Å². The van der Waals surface area contributed by atoms with Crippen LogP contribution in [0, 0.1) is 0 Å². The average molecular weight is 290 g/mol. The first-order valence-corrected chi connectivity index (χ1v) is 8.42. The van der Waals surface area contributed by atoms with Gasteiger partial charge < -0.3 is 10.1 Å². The van der Waals surface area contributed by atoms with Crippen LogP contribution in [0.1, 0.15) is 32.3 Å². The molecule has 21 heavy (non-hydrogen) atoms. The first-order chi connectivity index (χ1) is 10.3. The number of ether oxygens (including phenoxy) is 1. The highest BCUT2D eigenvalue weighted by Crippen LogP contribution is 2.14. The zero-order chi connectivity index (χ0) is 14.9. The van der Waals surface area contributed by atoms with Crippen molar-refractivity contribution in [1.82, 2.24) is 10.2 Å². The van der Waals surface area contributed by atoms with E-state index in [0.717, 1.165) is 45.7 Å². The van der Waals surface area contributed by atoms with Gasteiger partial charge in [0.25, 0.3) is 0 Å². The Morgan fingerprint density at radius 1 is 1.24 bits per heavy atom. The second kappa shape index (κ2) is 9.19. The molecule has 0 radical (unpaired) electrons. The molecular formula is C18H30N2O. The third-order valence-electron chi connectivity index (χ3n) is 4.35. The summed E-state index contributed by atoms with van der Waals surface area (Å²) >= 11 is 0. The van der Waals surface area contributed by atoms with E-state index in [4.69, 9.17) is 4.74 Å². The van der Waals surface area contributed by atoms with Crippen LogP contribution in [-0.2, 0) is 11.2 Å². The van der Waals surface area contributed by atoms with Crippen molar-refractivity contribution < 1.29 is 4.74 Å². The highest BCUT2D eigenvalue weighted by molar-refractivity contribution is 5.16. The van der Waals surface area contributed by atoms with Crippen LogP contribution in [0.5, 0.6) is 0 Å². The number of nitrogens with one attached hydrogen (secondary N) is 1. The van der Waals surface area contributed by atoms with Crippen LogP contribution in [0.25, 0.3) is 0 Å². The molecule has 0 amide bonds. The molecule has 1 fully saturated rings. The predicted octanol–water partition coefficient (Wildman–Crippen LogP) is 2.71. The van der Waals surface area contributed by atoms with Crippen molar-refractivity contribution in [2.75, 3.05) is 32.8 Å². The van der Waals surface area contributed by atoms with Crippen molar-refractivity contribution in [3.05, 3.63) is 35.9 Å². The number of piperazine rings is 1. The Labute approximate surface area is 129 Å². The van der Waals surface area contributed by atoms with E-state index in [1.165, 1.54) is 12.0 Å². The van der Waals surface area contributed by atoms with E-state index in [0.29, 0.717) is 12.1 Å². The molecule has 0 saturated carbocycles. The number of rotatable bonds is 8. The molecule has 0 spiro atoms. The Kier molecular flexibility index (Phi) is 7.20. The van der Waals surface area contributed by atoms with E-state index < -0.39 is 0 Å². The zero-order valence-electron chi connectivity index (χ0n) is 13.6. The van der Waals surface area contributed by atoms with Gasteiger partial charge in [-0.3, -0.25) is 4.90 Å². The fourth-order valence-electron chi connectivity index (χ4n) is 3.15. The number of nitrogens with zero attached hydrogens (tertiary/aromatic N) is 1. The standard InChI is InChI=1S/C18H30N2O/c1-3-18-14-19-17(13-16-9-6-5-7-10-16)15-20(18)11-8-12-21-4-2/h5-7,9-10,17-19H,3-4,8,11-15H2,1-2H3. The lowest BCUT2D eigenvalue weighted by Crippen LogP contribution is -2.57. The van der Waals surface area contributed by atoms with Gasteiger partial charge in [0.05, 0.1) is 0 Å². The van der Waals surface area contributed by atoms with Gasteiger partial charge in [0.15, 0.2) is 0 Å². The Balaban J connectivity index is 1.82. The Hall–Kier alpha value is -0.900. The largest absolute Gasteiger partial charge is 0.382 e. The molecule has 2 atom stereocenters. The van der Waals surface area contributed by atoms with Gasteiger partial charge in [0, 0.05) is 44.9 Å². The quantitative estimate of drug-likeness (QED) is 0.745. The first-order valence-electron chi connectivity index (χ1n) is 8.42. The Bertz CT molecular complexity index is 382. The van der Waals surface area contributed by atoms with Crippen LogP contribution in [0.3, 0.4) is 0 Å². The molecule has 1 N–H and O–H groups in total. The highest BCUT2D eigenvalue weighted by Gasteiger charge is 2.26. The maximum Gasteiger partial charge on any atom is 0.0478 e. The smallest absolute Gasteiger partial charge is 0.0478 e. The molecule has 1 aliphatic heterocycles. The predicted molar refractivity (Wildman–Crippen MR) is 88.7 cm³/mol. The lowest BCUT2D eigenvalue weighted by molar-refractivity contribution is 0.0954. The highest BCUT2D eigenvalue weighted by atomic mass is 16.5. The number of hydrogen-bond donors (Lipinski definition) is 1. The van der Waals surface area contributed by atoms with Crippen molar-refractivity contribution in [1.29, 1.82) is 0 Å². The van der Waals surface area contributed by atoms with Crippen molar-refractivity contribution >= 4 is 0 Å². The zero-order valence-corrected chi connectivity index (χ0v) is 13.6. The van der Waals surface area contributed by atoms with Crippen molar-refractivity contribution in [2.45, 2.75) is 45.2 Å². The first kappa shape index (κ1) is 16.5. The number of hydrogen-bond acceptors (Lipinski definition) is 3. The van der Waals surface area contributed by atoms with E-state index in [-0.39, 0.29) is 0 Å². The van der Waals surface area contributed by atoms with Gasteiger partial charge in [-0.2, -0.15) is 0 Å². The van der Waals surface area contributed by atoms with E-state index in [2.05, 4.69) is 54.4 Å².